The van der Waals surface area contributed by atoms with Gasteiger partial charge in [-0.1, -0.05) is 23.7 Å². The summed E-state index contributed by atoms with van der Waals surface area (Å²) in [6, 6.07) is 10.4. The van der Waals surface area contributed by atoms with Gasteiger partial charge in [0.15, 0.2) is 5.82 Å². The van der Waals surface area contributed by atoms with Crippen LogP contribution in [0.25, 0.3) is 0 Å². The number of imide groups is 1. The van der Waals surface area contributed by atoms with Gasteiger partial charge in [0, 0.05) is 0 Å². The van der Waals surface area contributed by atoms with Crippen molar-refractivity contribution in [3.05, 3.63) is 63.9 Å². The fourth-order valence-corrected chi connectivity index (χ4v) is 2.40. The molecule has 2 amide bonds. The summed E-state index contributed by atoms with van der Waals surface area (Å²) in [5.41, 5.74) is -0.0916. The van der Waals surface area contributed by atoms with E-state index >= 15 is 0 Å². The summed E-state index contributed by atoms with van der Waals surface area (Å²) >= 11 is 5.62. The number of fused-ring (bicyclic) bond motifs is 1. The average Bonchev–Trinajstić information content (AvgIpc) is 2.74. The molecule has 0 N–H and O–H groups in total. The Morgan fingerprint density at radius 2 is 1.62 bits per heavy atom. The fourth-order valence-electron chi connectivity index (χ4n) is 2.24. The largest absolute Gasteiger partial charge is 0.268 e. The molecular formula is C15H6ClFN2O2. The van der Waals surface area contributed by atoms with Crippen LogP contribution >= 0.6 is 11.6 Å². The van der Waals surface area contributed by atoms with Crippen LogP contribution in [0.2, 0.25) is 5.02 Å². The van der Waals surface area contributed by atoms with Gasteiger partial charge in [0.25, 0.3) is 11.8 Å². The van der Waals surface area contributed by atoms with Gasteiger partial charge in [-0.2, -0.15) is 5.26 Å². The third kappa shape index (κ3) is 1.81. The van der Waals surface area contributed by atoms with Gasteiger partial charge in [0.05, 0.1) is 21.8 Å². The highest BCUT2D eigenvalue weighted by Gasteiger charge is 2.38. The highest BCUT2D eigenvalue weighted by molar-refractivity contribution is 6.35. The molecule has 0 spiro atoms. The number of amides is 2. The second-order valence-electron chi connectivity index (χ2n) is 4.36. The summed E-state index contributed by atoms with van der Waals surface area (Å²) in [7, 11) is 0. The lowest BCUT2D eigenvalue weighted by molar-refractivity contribution is 0.0926. The van der Waals surface area contributed by atoms with E-state index in [1.165, 1.54) is 24.3 Å². The summed E-state index contributed by atoms with van der Waals surface area (Å²) in [6.07, 6.45) is 0. The van der Waals surface area contributed by atoms with Crippen LogP contribution in [-0.2, 0) is 0 Å². The molecule has 0 aliphatic carbocycles. The molecule has 2 aromatic rings. The Labute approximate surface area is 124 Å². The zero-order valence-electron chi connectivity index (χ0n) is 10.4. The molecule has 102 valence electrons. The molecule has 1 aliphatic rings. The van der Waals surface area contributed by atoms with Crippen molar-refractivity contribution >= 4 is 29.1 Å². The predicted molar refractivity (Wildman–Crippen MR) is 73.7 cm³/mol. The number of rotatable bonds is 1. The third-order valence-corrected chi connectivity index (χ3v) is 3.51. The summed E-state index contributed by atoms with van der Waals surface area (Å²) in [6.45, 7) is 0. The summed E-state index contributed by atoms with van der Waals surface area (Å²) in [4.78, 5) is 25.4. The first-order valence-electron chi connectivity index (χ1n) is 5.92. The van der Waals surface area contributed by atoms with Gasteiger partial charge in [-0.05, 0) is 24.3 Å². The van der Waals surface area contributed by atoms with Crippen LogP contribution in [0.1, 0.15) is 26.3 Å². The van der Waals surface area contributed by atoms with E-state index in [0.29, 0.717) is 0 Å². The van der Waals surface area contributed by atoms with Crippen molar-refractivity contribution in [3.63, 3.8) is 0 Å². The maximum atomic E-state index is 13.9. The molecule has 0 fully saturated rings. The summed E-state index contributed by atoms with van der Waals surface area (Å²) < 4.78 is 13.9. The Balaban J connectivity index is 2.21. The van der Waals surface area contributed by atoms with Crippen LogP contribution in [0.4, 0.5) is 10.1 Å². The Morgan fingerprint density at radius 1 is 1.05 bits per heavy atom. The maximum Gasteiger partial charge on any atom is 0.266 e. The first-order valence-corrected chi connectivity index (χ1v) is 6.30. The molecule has 6 heteroatoms. The van der Waals surface area contributed by atoms with E-state index in [-0.39, 0.29) is 21.8 Å². The van der Waals surface area contributed by atoms with Crippen LogP contribution in [0, 0.1) is 17.1 Å². The van der Waals surface area contributed by atoms with E-state index in [0.717, 1.165) is 4.90 Å². The standard InChI is InChI=1S/C15H6ClFN2O2/c16-11-5-6-12(10(7-18)13(11)17)19-14(20)8-3-1-2-4-9(8)15(19)21/h1-6H. The highest BCUT2D eigenvalue weighted by Crippen LogP contribution is 2.33. The molecule has 1 aliphatic heterocycles. The molecule has 21 heavy (non-hydrogen) atoms. The molecule has 0 unspecified atom stereocenters. The van der Waals surface area contributed by atoms with Crippen molar-refractivity contribution in [3.8, 4) is 6.07 Å². The predicted octanol–water partition coefficient (Wildman–Crippen LogP) is 3.15. The van der Waals surface area contributed by atoms with Gasteiger partial charge in [-0.25, -0.2) is 9.29 Å². The van der Waals surface area contributed by atoms with Crippen LogP contribution in [0.3, 0.4) is 0 Å². The number of carbonyl (C=O) groups is 2. The number of hydrogen-bond acceptors (Lipinski definition) is 3. The van der Waals surface area contributed by atoms with Crippen molar-refractivity contribution in [2.75, 3.05) is 4.90 Å². The number of nitrogens with zero attached hydrogens (tertiary/aromatic N) is 2. The monoisotopic (exact) mass is 300 g/mol. The minimum absolute atomic E-state index is 0.106. The molecule has 0 saturated carbocycles. The lowest BCUT2D eigenvalue weighted by Crippen LogP contribution is -2.30. The zero-order valence-corrected chi connectivity index (χ0v) is 11.2. The number of carbonyl (C=O) groups excluding carboxylic acids is 2. The molecule has 0 bridgehead atoms. The number of hydrogen-bond donors (Lipinski definition) is 0. The first kappa shape index (κ1) is 13.3. The van der Waals surface area contributed by atoms with E-state index in [1.807, 2.05) is 0 Å². The van der Waals surface area contributed by atoms with E-state index in [4.69, 9.17) is 16.9 Å². The van der Waals surface area contributed by atoms with Crippen molar-refractivity contribution in [2.45, 2.75) is 0 Å². The molecule has 4 nitrogen and oxygen atoms in total. The topological polar surface area (TPSA) is 61.2 Å². The van der Waals surface area contributed by atoms with E-state index < -0.39 is 23.2 Å². The van der Waals surface area contributed by atoms with Gasteiger partial charge in [-0.15, -0.1) is 0 Å². The Hall–Kier alpha value is -2.71. The Bertz CT molecular complexity index is 807. The SMILES string of the molecule is N#Cc1c(N2C(=O)c3ccccc3C2=O)ccc(Cl)c1F. The minimum Gasteiger partial charge on any atom is -0.268 e. The molecule has 1 heterocycles. The van der Waals surface area contributed by atoms with E-state index in [1.54, 1.807) is 18.2 Å². The average molecular weight is 301 g/mol. The third-order valence-electron chi connectivity index (χ3n) is 3.22. The number of anilines is 1. The van der Waals surface area contributed by atoms with Crippen molar-refractivity contribution < 1.29 is 14.0 Å². The van der Waals surface area contributed by atoms with Crippen molar-refractivity contribution in [2.24, 2.45) is 0 Å². The van der Waals surface area contributed by atoms with Gasteiger partial charge in [0.2, 0.25) is 0 Å². The second-order valence-corrected chi connectivity index (χ2v) is 4.77. The summed E-state index contributed by atoms with van der Waals surface area (Å²) in [5, 5.41) is 8.83. The summed E-state index contributed by atoms with van der Waals surface area (Å²) in [5.74, 6) is -2.13. The van der Waals surface area contributed by atoms with E-state index in [9.17, 15) is 14.0 Å². The highest BCUT2D eigenvalue weighted by atomic mass is 35.5. The molecule has 2 aromatic carbocycles. The smallest absolute Gasteiger partial charge is 0.266 e. The number of halogens is 2. The van der Waals surface area contributed by atoms with Crippen LogP contribution in [-0.4, -0.2) is 11.8 Å². The lowest BCUT2D eigenvalue weighted by Gasteiger charge is -2.16. The molecule has 0 atom stereocenters. The van der Waals surface area contributed by atoms with Crippen molar-refractivity contribution in [1.29, 1.82) is 5.26 Å². The van der Waals surface area contributed by atoms with Gasteiger partial charge in [-0.3, -0.25) is 9.59 Å². The Morgan fingerprint density at radius 3 is 2.14 bits per heavy atom. The van der Waals surface area contributed by atoms with Crippen molar-refractivity contribution in [1.82, 2.24) is 0 Å². The van der Waals surface area contributed by atoms with Gasteiger partial charge in [0.1, 0.15) is 11.6 Å². The lowest BCUT2D eigenvalue weighted by atomic mass is 10.1. The van der Waals surface area contributed by atoms with Gasteiger partial charge >= 0.3 is 0 Å². The fraction of sp³-hybridized carbons (Fsp3) is 0. The van der Waals surface area contributed by atoms with Crippen LogP contribution in [0.5, 0.6) is 0 Å². The Kier molecular flexibility index (Phi) is 2.96. The minimum atomic E-state index is -0.951. The molecule has 0 saturated heterocycles. The first-order chi connectivity index (χ1) is 10.1. The van der Waals surface area contributed by atoms with Crippen LogP contribution < -0.4 is 4.90 Å². The van der Waals surface area contributed by atoms with Crippen LogP contribution in [0.15, 0.2) is 36.4 Å². The molecule has 0 radical (unpaired) electrons. The maximum absolute atomic E-state index is 13.9. The number of nitriles is 1. The van der Waals surface area contributed by atoms with E-state index in [2.05, 4.69) is 0 Å². The molecule has 0 aromatic heterocycles. The van der Waals surface area contributed by atoms with Gasteiger partial charge < -0.3 is 0 Å². The quantitative estimate of drug-likeness (QED) is 0.760. The number of benzene rings is 2. The zero-order chi connectivity index (χ0) is 15.1. The second kappa shape index (κ2) is 4.69. The normalized spacial score (nSPS) is 13.3. The molecule has 3 rings (SSSR count). The molecular weight excluding hydrogens is 295 g/mol.